The molecule has 2 aliphatic rings. The molecule has 2 aliphatic heterocycles. The number of aromatic nitrogens is 2. The Bertz CT molecular complexity index is 900. The highest BCUT2D eigenvalue weighted by molar-refractivity contribution is 6.05. The van der Waals surface area contributed by atoms with Gasteiger partial charge >= 0.3 is 5.97 Å². The van der Waals surface area contributed by atoms with Gasteiger partial charge in [-0.05, 0) is 30.9 Å². The Labute approximate surface area is 162 Å². The molecular weight excluding hydrogens is 360 g/mol. The van der Waals surface area contributed by atoms with Gasteiger partial charge in [0.1, 0.15) is 0 Å². The molecule has 0 bridgehead atoms. The van der Waals surface area contributed by atoms with Crippen molar-refractivity contribution in [1.82, 2.24) is 15.1 Å². The zero-order valence-electron chi connectivity index (χ0n) is 15.9. The van der Waals surface area contributed by atoms with Crippen LogP contribution < -0.4 is 4.90 Å². The molecule has 8 nitrogen and oxygen atoms in total. The number of carbonyl (C=O) groups is 3. The molecule has 1 N–H and O–H groups in total. The molecule has 2 fully saturated rings. The lowest BCUT2D eigenvalue weighted by Crippen LogP contribution is -2.42. The minimum atomic E-state index is -0.347. The SMILES string of the molecule is COC(=O)CC1CCN(C(=O)C2CC(=O)N(c3n[nH]c4ccccc34)C2)CC1. The fourth-order valence-corrected chi connectivity index (χ4v) is 4.17. The van der Waals surface area contributed by atoms with Gasteiger partial charge in [0.05, 0.1) is 18.5 Å². The number of esters is 1. The second kappa shape index (κ2) is 7.61. The number of H-pyrrole nitrogens is 1. The summed E-state index contributed by atoms with van der Waals surface area (Å²) in [5.41, 5.74) is 0.868. The van der Waals surface area contributed by atoms with E-state index in [2.05, 4.69) is 10.2 Å². The number of para-hydroxylation sites is 1. The fraction of sp³-hybridized carbons (Fsp3) is 0.500. The van der Waals surface area contributed by atoms with E-state index in [9.17, 15) is 14.4 Å². The van der Waals surface area contributed by atoms with Gasteiger partial charge in [0, 0.05) is 37.9 Å². The summed E-state index contributed by atoms with van der Waals surface area (Å²) in [7, 11) is 1.40. The number of carbonyl (C=O) groups excluding carboxylic acids is 3. The molecule has 2 aromatic rings. The maximum atomic E-state index is 12.9. The molecule has 0 radical (unpaired) electrons. The molecule has 3 heterocycles. The Morgan fingerprint density at radius 3 is 2.75 bits per heavy atom. The molecule has 0 aliphatic carbocycles. The summed E-state index contributed by atoms with van der Waals surface area (Å²) in [6.45, 7) is 1.60. The van der Waals surface area contributed by atoms with Gasteiger partial charge in [-0.2, -0.15) is 5.10 Å². The van der Waals surface area contributed by atoms with Crippen molar-refractivity contribution in [2.24, 2.45) is 11.8 Å². The van der Waals surface area contributed by atoms with Crippen LogP contribution in [0.3, 0.4) is 0 Å². The highest BCUT2D eigenvalue weighted by atomic mass is 16.5. The van der Waals surface area contributed by atoms with Crippen LogP contribution in [0.4, 0.5) is 5.82 Å². The van der Waals surface area contributed by atoms with Crippen molar-refractivity contribution in [2.45, 2.75) is 25.7 Å². The number of fused-ring (bicyclic) bond motifs is 1. The number of rotatable bonds is 4. The topological polar surface area (TPSA) is 95.6 Å². The quantitative estimate of drug-likeness (QED) is 0.810. The van der Waals surface area contributed by atoms with E-state index >= 15 is 0 Å². The number of ether oxygens (including phenoxy) is 1. The minimum absolute atomic E-state index is 0.0206. The monoisotopic (exact) mass is 384 g/mol. The standard InChI is InChI=1S/C20H24N4O4/c1-28-18(26)10-13-6-8-23(9-7-13)20(27)14-11-17(25)24(12-14)19-15-4-2-3-5-16(15)21-22-19/h2-5,13-14H,6-12H2,1H3,(H,21,22). The number of hydrogen-bond donors (Lipinski definition) is 1. The van der Waals surface area contributed by atoms with Gasteiger partial charge in [0.2, 0.25) is 11.8 Å². The van der Waals surface area contributed by atoms with E-state index in [1.807, 2.05) is 29.2 Å². The van der Waals surface area contributed by atoms with E-state index in [0.717, 1.165) is 23.7 Å². The summed E-state index contributed by atoms with van der Waals surface area (Å²) in [4.78, 5) is 40.4. The molecule has 1 unspecified atom stereocenters. The summed E-state index contributed by atoms with van der Waals surface area (Å²) in [6.07, 6.45) is 2.19. The summed E-state index contributed by atoms with van der Waals surface area (Å²) < 4.78 is 4.73. The minimum Gasteiger partial charge on any atom is -0.469 e. The van der Waals surface area contributed by atoms with Gasteiger partial charge in [-0.25, -0.2) is 0 Å². The van der Waals surface area contributed by atoms with Gasteiger partial charge in [-0.15, -0.1) is 0 Å². The zero-order chi connectivity index (χ0) is 19.7. The van der Waals surface area contributed by atoms with Crippen molar-refractivity contribution in [2.75, 3.05) is 31.6 Å². The smallest absolute Gasteiger partial charge is 0.305 e. The van der Waals surface area contributed by atoms with E-state index in [-0.39, 0.29) is 36.0 Å². The molecule has 28 heavy (non-hydrogen) atoms. The van der Waals surface area contributed by atoms with E-state index < -0.39 is 0 Å². The number of nitrogens with one attached hydrogen (secondary N) is 1. The van der Waals surface area contributed by atoms with Gasteiger partial charge in [0.25, 0.3) is 0 Å². The Morgan fingerprint density at radius 1 is 1.25 bits per heavy atom. The van der Waals surface area contributed by atoms with Crippen LogP contribution >= 0.6 is 0 Å². The van der Waals surface area contributed by atoms with Gasteiger partial charge in [0.15, 0.2) is 5.82 Å². The average molecular weight is 384 g/mol. The lowest BCUT2D eigenvalue weighted by molar-refractivity contribution is -0.142. The van der Waals surface area contributed by atoms with Gasteiger partial charge < -0.3 is 9.64 Å². The number of benzene rings is 1. The van der Waals surface area contributed by atoms with E-state index in [1.165, 1.54) is 7.11 Å². The van der Waals surface area contributed by atoms with Crippen LogP contribution in [0.15, 0.2) is 24.3 Å². The van der Waals surface area contributed by atoms with E-state index in [4.69, 9.17) is 4.74 Å². The predicted octanol–water partition coefficient (Wildman–Crippen LogP) is 1.72. The van der Waals surface area contributed by atoms with Crippen LogP contribution in [0.25, 0.3) is 10.9 Å². The van der Waals surface area contributed by atoms with Crippen LogP contribution in [0, 0.1) is 11.8 Å². The second-order valence-corrected chi connectivity index (χ2v) is 7.55. The van der Waals surface area contributed by atoms with Gasteiger partial charge in [-0.1, -0.05) is 12.1 Å². The first-order valence-corrected chi connectivity index (χ1v) is 9.66. The molecule has 1 aromatic heterocycles. The summed E-state index contributed by atoms with van der Waals surface area (Å²) in [5, 5.41) is 8.11. The molecule has 0 saturated carbocycles. The first kappa shape index (κ1) is 18.5. The normalized spacial score (nSPS) is 20.8. The number of likely N-dealkylation sites (tertiary alicyclic amines) is 1. The Balaban J connectivity index is 1.39. The van der Waals surface area contributed by atoms with Crippen molar-refractivity contribution < 1.29 is 19.1 Å². The van der Waals surface area contributed by atoms with Crippen molar-refractivity contribution in [3.05, 3.63) is 24.3 Å². The highest BCUT2D eigenvalue weighted by Gasteiger charge is 2.39. The van der Waals surface area contributed by atoms with Crippen molar-refractivity contribution in [3.8, 4) is 0 Å². The number of piperidine rings is 1. The maximum absolute atomic E-state index is 12.9. The lowest BCUT2D eigenvalue weighted by atomic mass is 9.92. The summed E-state index contributed by atoms with van der Waals surface area (Å²) in [6, 6.07) is 7.64. The largest absolute Gasteiger partial charge is 0.469 e. The Kier molecular flexibility index (Phi) is 5.02. The molecular formula is C20H24N4O4. The third-order valence-electron chi connectivity index (χ3n) is 5.79. The third-order valence-corrected chi connectivity index (χ3v) is 5.79. The van der Waals surface area contributed by atoms with Crippen molar-refractivity contribution in [1.29, 1.82) is 0 Å². The number of anilines is 1. The Hall–Kier alpha value is -2.90. The number of aromatic amines is 1. The molecule has 4 rings (SSSR count). The second-order valence-electron chi connectivity index (χ2n) is 7.55. The first-order chi connectivity index (χ1) is 13.6. The summed E-state index contributed by atoms with van der Waals surface area (Å²) in [5.74, 6) is 0.248. The molecule has 0 spiro atoms. The lowest BCUT2D eigenvalue weighted by Gasteiger charge is -2.33. The number of amides is 2. The van der Waals surface area contributed by atoms with Crippen molar-refractivity contribution in [3.63, 3.8) is 0 Å². The average Bonchev–Trinajstić information content (AvgIpc) is 3.31. The van der Waals surface area contributed by atoms with Crippen LogP contribution in [0.2, 0.25) is 0 Å². The van der Waals surface area contributed by atoms with Crippen LogP contribution in [-0.4, -0.2) is 59.6 Å². The zero-order valence-corrected chi connectivity index (χ0v) is 15.9. The van der Waals surface area contributed by atoms with Crippen LogP contribution in [-0.2, 0) is 19.1 Å². The van der Waals surface area contributed by atoms with Crippen LogP contribution in [0.1, 0.15) is 25.7 Å². The number of hydrogen-bond acceptors (Lipinski definition) is 5. The van der Waals surface area contributed by atoms with Gasteiger partial charge in [-0.3, -0.25) is 24.4 Å². The Morgan fingerprint density at radius 2 is 2.00 bits per heavy atom. The molecule has 2 saturated heterocycles. The first-order valence-electron chi connectivity index (χ1n) is 9.66. The number of methoxy groups -OCH3 is 1. The molecule has 2 amide bonds. The molecule has 8 heteroatoms. The maximum Gasteiger partial charge on any atom is 0.305 e. The highest BCUT2D eigenvalue weighted by Crippen LogP contribution is 2.31. The predicted molar refractivity (Wildman–Crippen MR) is 102 cm³/mol. The third kappa shape index (κ3) is 3.46. The molecule has 148 valence electrons. The molecule has 1 aromatic carbocycles. The summed E-state index contributed by atoms with van der Waals surface area (Å²) >= 11 is 0. The fourth-order valence-electron chi connectivity index (χ4n) is 4.17. The number of nitrogens with zero attached hydrogens (tertiary/aromatic N) is 3. The molecule has 1 atom stereocenters. The van der Waals surface area contributed by atoms with E-state index in [0.29, 0.717) is 31.9 Å². The van der Waals surface area contributed by atoms with Crippen LogP contribution in [0.5, 0.6) is 0 Å². The van der Waals surface area contributed by atoms with E-state index in [1.54, 1.807) is 4.90 Å². The van der Waals surface area contributed by atoms with Crippen molar-refractivity contribution >= 4 is 34.5 Å².